The molecular formula is C12H8N4O3. The monoisotopic (exact) mass is 256 g/mol. The topological polar surface area (TPSA) is 94.1 Å². The number of benzene rings is 2. The highest BCUT2D eigenvalue weighted by atomic mass is 16.6. The number of anilines is 2. The van der Waals surface area contributed by atoms with Crippen LogP contribution in [0.25, 0.3) is 11.0 Å². The van der Waals surface area contributed by atoms with Crippen LogP contribution in [0.15, 0.2) is 47.1 Å². The fourth-order valence-electron chi connectivity index (χ4n) is 1.78. The molecule has 7 nitrogen and oxygen atoms in total. The molecule has 7 heteroatoms. The van der Waals surface area contributed by atoms with Crippen molar-refractivity contribution >= 4 is 28.1 Å². The van der Waals surface area contributed by atoms with Crippen LogP contribution in [0.1, 0.15) is 0 Å². The second kappa shape index (κ2) is 4.37. The first-order chi connectivity index (χ1) is 9.25. The highest BCUT2D eigenvalue weighted by Crippen LogP contribution is 2.30. The molecule has 1 heterocycles. The van der Waals surface area contributed by atoms with E-state index in [1.165, 1.54) is 6.07 Å². The van der Waals surface area contributed by atoms with E-state index in [1.54, 1.807) is 6.07 Å². The summed E-state index contributed by atoms with van der Waals surface area (Å²) >= 11 is 0. The first-order valence-corrected chi connectivity index (χ1v) is 5.47. The molecule has 0 bridgehead atoms. The normalized spacial score (nSPS) is 10.5. The Bertz CT molecular complexity index is 739. The van der Waals surface area contributed by atoms with Crippen molar-refractivity contribution in [1.29, 1.82) is 0 Å². The molecule has 1 N–H and O–H groups in total. The molecule has 3 rings (SSSR count). The highest BCUT2D eigenvalue weighted by Gasteiger charge is 2.19. The third kappa shape index (κ3) is 1.97. The average molecular weight is 256 g/mol. The zero-order chi connectivity index (χ0) is 13.2. The minimum atomic E-state index is -0.515. The van der Waals surface area contributed by atoms with Crippen molar-refractivity contribution in [1.82, 2.24) is 10.3 Å². The molecule has 0 fully saturated rings. The predicted octanol–water partition coefficient (Wildman–Crippen LogP) is 2.87. The lowest BCUT2D eigenvalue weighted by Crippen LogP contribution is -1.94. The number of aromatic nitrogens is 2. The van der Waals surface area contributed by atoms with Gasteiger partial charge in [0.2, 0.25) is 5.52 Å². The van der Waals surface area contributed by atoms with Gasteiger partial charge in [-0.3, -0.25) is 10.1 Å². The van der Waals surface area contributed by atoms with Gasteiger partial charge in [0.25, 0.3) is 0 Å². The van der Waals surface area contributed by atoms with E-state index in [-0.39, 0.29) is 11.2 Å². The van der Waals surface area contributed by atoms with E-state index in [1.807, 2.05) is 30.3 Å². The zero-order valence-corrected chi connectivity index (χ0v) is 9.61. The Morgan fingerprint density at radius 1 is 1.05 bits per heavy atom. The molecule has 0 unspecified atom stereocenters. The molecule has 0 atom stereocenters. The fraction of sp³-hybridized carbons (Fsp3) is 0. The second-order valence-corrected chi connectivity index (χ2v) is 3.84. The lowest BCUT2D eigenvalue weighted by Gasteiger charge is -2.05. The van der Waals surface area contributed by atoms with Crippen LogP contribution >= 0.6 is 0 Å². The van der Waals surface area contributed by atoms with Crippen molar-refractivity contribution in [2.75, 3.05) is 5.32 Å². The zero-order valence-electron chi connectivity index (χ0n) is 9.61. The standard InChI is InChI=1S/C12H8N4O3/c17-16(18)10-7-6-9(11-12(10)15-19-14-11)13-8-4-2-1-3-5-8/h1-7,13H. The maximum absolute atomic E-state index is 10.9. The molecule has 0 aliphatic heterocycles. The smallest absolute Gasteiger partial charge is 0.300 e. The van der Waals surface area contributed by atoms with Crippen molar-refractivity contribution in [3.05, 3.63) is 52.6 Å². The Hall–Kier alpha value is -2.96. The molecule has 94 valence electrons. The number of nitrogens with one attached hydrogen (secondary N) is 1. The molecule has 3 aromatic rings. The fourth-order valence-corrected chi connectivity index (χ4v) is 1.78. The highest BCUT2D eigenvalue weighted by molar-refractivity contribution is 5.94. The minimum Gasteiger partial charge on any atom is -0.354 e. The van der Waals surface area contributed by atoms with Crippen LogP contribution in [0.5, 0.6) is 0 Å². The lowest BCUT2D eigenvalue weighted by molar-refractivity contribution is -0.383. The number of para-hydroxylation sites is 1. The first-order valence-electron chi connectivity index (χ1n) is 5.47. The van der Waals surface area contributed by atoms with Gasteiger partial charge in [0.1, 0.15) is 0 Å². The van der Waals surface area contributed by atoms with E-state index in [0.29, 0.717) is 11.2 Å². The van der Waals surface area contributed by atoms with E-state index in [4.69, 9.17) is 0 Å². The van der Waals surface area contributed by atoms with Gasteiger partial charge in [-0.05, 0) is 28.5 Å². The summed E-state index contributed by atoms with van der Waals surface area (Å²) in [6.07, 6.45) is 0. The maximum Gasteiger partial charge on any atom is 0.300 e. The van der Waals surface area contributed by atoms with Crippen molar-refractivity contribution in [3.63, 3.8) is 0 Å². The third-order valence-electron chi connectivity index (χ3n) is 2.64. The number of fused-ring (bicyclic) bond motifs is 1. The van der Waals surface area contributed by atoms with Crippen LogP contribution < -0.4 is 5.32 Å². The maximum atomic E-state index is 10.9. The van der Waals surface area contributed by atoms with Gasteiger partial charge in [-0.15, -0.1) is 0 Å². The molecular weight excluding hydrogens is 248 g/mol. The van der Waals surface area contributed by atoms with Crippen LogP contribution in [0.2, 0.25) is 0 Å². The summed E-state index contributed by atoms with van der Waals surface area (Å²) in [7, 11) is 0. The molecule has 0 saturated carbocycles. The third-order valence-corrected chi connectivity index (χ3v) is 2.64. The molecule has 0 spiro atoms. The molecule has 0 aliphatic rings. The van der Waals surface area contributed by atoms with Gasteiger partial charge in [-0.25, -0.2) is 4.63 Å². The summed E-state index contributed by atoms with van der Waals surface area (Å²) < 4.78 is 4.59. The quantitative estimate of drug-likeness (QED) is 0.572. The number of hydrogen-bond acceptors (Lipinski definition) is 6. The summed E-state index contributed by atoms with van der Waals surface area (Å²) in [6, 6.07) is 12.4. The van der Waals surface area contributed by atoms with E-state index >= 15 is 0 Å². The Balaban J connectivity index is 2.08. The Morgan fingerprint density at radius 2 is 1.79 bits per heavy atom. The predicted molar refractivity (Wildman–Crippen MR) is 68.2 cm³/mol. The van der Waals surface area contributed by atoms with Crippen LogP contribution in [0, 0.1) is 10.1 Å². The van der Waals surface area contributed by atoms with E-state index in [2.05, 4.69) is 20.3 Å². The average Bonchev–Trinajstić information content (AvgIpc) is 2.89. The van der Waals surface area contributed by atoms with Crippen molar-refractivity contribution in [2.24, 2.45) is 0 Å². The minimum absolute atomic E-state index is 0.130. The lowest BCUT2D eigenvalue weighted by atomic mass is 10.2. The SMILES string of the molecule is O=[N+]([O-])c1ccc(Nc2ccccc2)c2nonc12. The number of non-ortho nitro benzene ring substituents is 1. The molecule has 0 aliphatic carbocycles. The molecule has 1 aromatic heterocycles. The van der Waals surface area contributed by atoms with E-state index in [0.717, 1.165) is 5.69 Å². The van der Waals surface area contributed by atoms with Gasteiger partial charge in [0, 0.05) is 11.8 Å². The summed E-state index contributed by atoms with van der Waals surface area (Å²) in [5.41, 5.74) is 1.78. The van der Waals surface area contributed by atoms with Gasteiger partial charge in [-0.2, -0.15) is 0 Å². The Labute approximate surface area is 107 Å². The van der Waals surface area contributed by atoms with Gasteiger partial charge in [0.15, 0.2) is 5.52 Å². The number of nitrogens with zero attached hydrogens (tertiary/aromatic N) is 3. The van der Waals surface area contributed by atoms with E-state index < -0.39 is 4.92 Å². The van der Waals surface area contributed by atoms with E-state index in [9.17, 15) is 10.1 Å². The molecule has 0 radical (unpaired) electrons. The molecule has 19 heavy (non-hydrogen) atoms. The van der Waals surface area contributed by atoms with Crippen LogP contribution in [0.4, 0.5) is 17.1 Å². The summed E-state index contributed by atoms with van der Waals surface area (Å²) in [4.78, 5) is 10.3. The van der Waals surface area contributed by atoms with Crippen LogP contribution in [-0.4, -0.2) is 15.2 Å². The number of hydrogen-bond donors (Lipinski definition) is 1. The number of nitro benzene ring substituents is 1. The van der Waals surface area contributed by atoms with Gasteiger partial charge in [-0.1, -0.05) is 18.2 Å². The van der Waals surface area contributed by atoms with Gasteiger partial charge >= 0.3 is 5.69 Å². The Morgan fingerprint density at radius 3 is 2.53 bits per heavy atom. The Kier molecular flexibility index (Phi) is 2.57. The van der Waals surface area contributed by atoms with Gasteiger partial charge in [0.05, 0.1) is 10.6 Å². The summed E-state index contributed by atoms with van der Waals surface area (Å²) in [6.45, 7) is 0. The number of nitro groups is 1. The van der Waals surface area contributed by atoms with Crippen molar-refractivity contribution < 1.29 is 9.55 Å². The van der Waals surface area contributed by atoms with Crippen molar-refractivity contribution in [3.8, 4) is 0 Å². The van der Waals surface area contributed by atoms with Crippen LogP contribution in [0.3, 0.4) is 0 Å². The van der Waals surface area contributed by atoms with Crippen molar-refractivity contribution in [2.45, 2.75) is 0 Å². The molecule has 0 amide bonds. The van der Waals surface area contributed by atoms with Gasteiger partial charge < -0.3 is 5.32 Å². The molecule has 0 saturated heterocycles. The summed E-state index contributed by atoms with van der Waals surface area (Å²) in [5.74, 6) is 0. The van der Waals surface area contributed by atoms with Crippen LogP contribution in [-0.2, 0) is 0 Å². The number of rotatable bonds is 3. The largest absolute Gasteiger partial charge is 0.354 e. The molecule has 2 aromatic carbocycles. The second-order valence-electron chi connectivity index (χ2n) is 3.84. The first kappa shape index (κ1) is 11.1. The summed E-state index contributed by atoms with van der Waals surface area (Å²) in [5, 5.41) is 21.3.